The molecule has 1 aromatic heterocycles. The van der Waals surface area contributed by atoms with Gasteiger partial charge in [-0.3, -0.25) is 4.79 Å². The zero-order valence-corrected chi connectivity index (χ0v) is 6.80. The molecular weight excluding hydrogens is 178 g/mol. The Balaban J connectivity index is 2.02. The van der Waals surface area contributed by atoms with Gasteiger partial charge >= 0.3 is 0 Å². The minimum atomic E-state index is -2.65. The zero-order chi connectivity index (χ0) is 9.47. The van der Waals surface area contributed by atoms with E-state index in [0.29, 0.717) is 0 Å². The van der Waals surface area contributed by atoms with Crippen LogP contribution in [0.2, 0.25) is 0 Å². The van der Waals surface area contributed by atoms with Crippen LogP contribution in [0.5, 0.6) is 0 Å². The first-order chi connectivity index (χ1) is 6.08. The Kier molecular flexibility index (Phi) is 1.71. The summed E-state index contributed by atoms with van der Waals surface area (Å²) in [6, 6.07) is 3.07. The lowest BCUT2D eigenvalue weighted by molar-refractivity contribution is -0.0986. The first kappa shape index (κ1) is 8.41. The van der Waals surface area contributed by atoms with E-state index in [0.717, 1.165) is 0 Å². The van der Waals surface area contributed by atoms with Crippen LogP contribution in [0.4, 0.5) is 8.78 Å². The molecule has 1 aliphatic carbocycles. The maximum atomic E-state index is 12.4. The fourth-order valence-corrected chi connectivity index (χ4v) is 1.47. The second-order valence-electron chi connectivity index (χ2n) is 3.30. The van der Waals surface area contributed by atoms with Crippen molar-refractivity contribution in [3.05, 3.63) is 24.2 Å². The van der Waals surface area contributed by atoms with Crippen LogP contribution in [-0.2, 0) is 0 Å². The predicted molar refractivity (Wildman–Crippen MR) is 40.7 cm³/mol. The van der Waals surface area contributed by atoms with Gasteiger partial charge in [0.05, 0.1) is 6.26 Å². The van der Waals surface area contributed by atoms with Gasteiger partial charge in [0, 0.05) is 18.8 Å². The third kappa shape index (κ3) is 1.48. The summed E-state index contributed by atoms with van der Waals surface area (Å²) in [5.74, 6) is -3.33. The summed E-state index contributed by atoms with van der Waals surface area (Å²) in [5.41, 5.74) is 0. The molecule has 0 radical (unpaired) electrons. The van der Waals surface area contributed by atoms with Gasteiger partial charge in [-0.15, -0.1) is 0 Å². The van der Waals surface area contributed by atoms with Crippen molar-refractivity contribution in [2.45, 2.75) is 18.8 Å². The van der Waals surface area contributed by atoms with Crippen LogP contribution >= 0.6 is 0 Å². The molecule has 0 amide bonds. The van der Waals surface area contributed by atoms with Gasteiger partial charge in [0.25, 0.3) is 0 Å². The smallest absolute Gasteiger partial charge is 0.249 e. The number of ketones is 1. The summed E-state index contributed by atoms with van der Waals surface area (Å²) < 4.78 is 29.6. The predicted octanol–water partition coefficient (Wildman–Crippen LogP) is 2.51. The number of carbonyl (C=O) groups is 1. The Labute approximate surface area is 73.5 Å². The van der Waals surface area contributed by atoms with Gasteiger partial charge in [-0.1, -0.05) is 0 Å². The molecule has 0 bridgehead atoms. The molecule has 1 aliphatic rings. The lowest BCUT2D eigenvalue weighted by Crippen LogP contribution is -2.39. The number of halogens is 2. The molecule has 13 heavy (non-hydrogen) atoms. The van der Waals surface area contributed by atoms with Crippen molar-refractivity contribution in [2.75, 3.05) is 0 Å². The molecule has 1 heterocycles. The second-order valence-corrected chi connectivity index (χ2v) is 3.30. The van der Waals surface area contributed by atoms with Crippen LogP contribution in [0, 0.1) is 5.92 Å². The maximum Gasteiger partial charge on any atom is 0.249 e. The number of furan rings is 1. The van der Waals surface area contributed by atoms with Crippen LogP contribution < -0.4 is 0 Å². The summed E-state index contributed by atoms with van der Waals surface area (Å²) in [6.45, 7) is 0. The second kappa shape index (κ2) is 2.65. The lowest BCUT2D eigenvalue weighted by atomic mass is 9.78. The van der Waals surface area contributed by atoms with Crippen LogP contribution in [-0.4, -0.2) is 11.7 Å². The van der Waals surface area contributed by atoms with Gasteiger partial charge in [0.15, 0.2) is 5.76 Å². The van der Waals surface area contributed by atoms with E-state index in [-0.39, 0.29) is 24.4 Å². The molecule has 2 nitrogen and oxygen atoms in total. The van der Waals surface area contributed by atoms with Gasteiger partial charge in [-0.2, -0.15) is 0 Å². The molecule has 2 rings (SSSR count). The third-order valence-electron chi connectivity index (χ3n) is 2.22. The molecule has 0 aromatic carbocycles. The summed E-state index contributed by atoms with van der Waals surface area (Å²) in [7, 11) is 0. The zero-order valence-electron chi connectivity index (χ0n) is 6.80. The number of Topliss-reactive ketones (excluding diaryl/α,β-unsaturated/α-hetero) is 1. The van der Waals surface area contributed by atoms with E-state index in [4.69, 9.17) is 4.42 Å². The summed E-state index contributed by atoms with van der Waals surface area (Å²) in [6.07, 6.45) is 0.684. The van der Waals surface area contributed by atoms with Crippen molar-refractivity contribution in [3.8, 4) is 0 Å². The molecular formula is C9H8F2O2. The number of carbonyl (C=O) groups excluding carboxylic acids is 1. The van der Waals surface area contributed by atoms with Gasteiger partial charge < -0.3 is 4.42 Å². The van der Waals surface area contributed by atoms with Crippen LogP contribution in [0.3, 0.4) is 0 Å². The Hall–Kier alpha value is -1.19. The van der Waals surface area contributed by atoms with Crippen molar-refractivity contribution in [1.29, 1.82) is 0 Å². The highest BCUT2D eigenvalue weighted by atomic mass is 19.3. The highest BCUT2D eigenvalue weighted by Gasteiger charge is 2.49. The number of hydrogen-bond donors (Lipinski definition) is 0. The van der Waals surface area contributed by atoms with E-state index in [1.54, 1.807) is 6.07 Å². The van der Waals surface area contributed by atoms with E-state index >= 15 is 0 Å². The fourth-order valence-electron chi connectivity index (χ4n) is 1.47. The third-order valence-corrected chi connectivity index (χ3v) is 2.22. The van der Waals surface area contributed by atoms with Crippen LogP contribution in [0.1, 0.15) is 23.4 Å². The fraction of sp³-hybridized carbons (Fsp3) is 0.444. The SMILES string of the molecule is O=C(c1ccco1)C1CC(F)(F)C1. The van der Waals surface area contributed by atoms with Gasteiger partial charge in [0.1, 0.15) is 0 Å². The Morgan fingerprint density at radius 1 is 1.54 bits per heavy atom. The van der Waals surface area contributed by atoms with E-state index < -0.39 is 11.8 Å². The molecule has 1 fully saturated rings. The van der Waals surface area contributed by atoms with Crippen molar-refractivity contribution < 1.29 is 18.0 Å². The molecule has 0 spiro atoms. The summed E-state index contributed by atoms with van der Waals surface area (Å²) in [5, 5.41) is 0. The highest BCUT2D eigenvalue weighted by Crippen LogP contribution is 2.43. The number of alkyl halides is 2. The van der Waals surface area contributed by atoms with Crippen LogP contribution in [0.25, 0.3) is 0 Å². The lowest BCUT2D eigenvalue weighted by Gasteiger charge is -2.32. The van der Waals surface area contributed by atoms with Crippen molar-refractivity contribution in [3.63, 3.8) is 0 Å². The summed E-state index contributed by atoms with van der Waals surface area (Å²) in [4.78, 5) is 11.3. The highest BCUT2D eigenvalue weighted by molar-refractivity contribution is 5.96. The molecule has 1 aromatic rings. The molecule has 4 heteroatoms. The van der Waals surface area contributed by atoms with Crippen molar-refractivity contribution in [1.82, 2.24) is 0 Å². The molecule has 0 unspecified atom stereocenters. The normalized spacial score (nSPS) is 21.1. The molecule has 0 atom stereocenters. The molecule has 0 aliphatic heterocycles. The number of rotatable bonds is 2. The van der Waals surface area contributed by atoms with Crippen LogP contribution in [0.15, 0.2) is 22.8 Å². The average molecular weight is 186 g/mol. The van der Waals surface area contributed by atoms with E-state index in [1.807, 2.05) is 0 Å². The van der Waals surface area contributed by atoms with E-state index in [2.05, 4.69) is 0 Å². The number of hydrogen-bond acceptors (Lipinski definition) is 2. The quantitative estimate of drug-likeness (QED) is 0.664. The Morgan fingerprint density at radius 2 is 2.23 bits per heavy atom. The van der Waals surface area contributed by atoms with Gasteiger partial charge in [-0.25, -0.2) is 8.78 Å². The van der Waals surface area contributed by atoms with E-state index in [9.17, 15) is 13.6 Å². The van der Waals surface area contributed by atoms with Gasteiger partial charge in [0.2, 0.25) is 11.7 Å². The largest absolute Gasteiger partial charge is 0.461 e. The maximum absolute atomic E-state index is 12.4. The first-order valence-electron chi connectivity index (χ1n) is 4.04. The molecule has 1 saturated carbocycles. The average Bonchev–Trinajstić information content (AvgIpc) is 2.50. The molecule has 70 valence electrons. The standard InChI is InChI=1S/C9H8F2O2/c10-9(11)4-6(5-9)8(12)7-2-1-3-13-7/h1-3,6H,4-5H2. The van der Waals surface area contributed by atoms with Crippen molar-refractivity contribution >= 4 is 5.78 Å². The first-order valence-corrected chi connectivity index (χ1v) is 4.04. The Bertz CT molecular complexity index is 308. The van der Waals surface area contributed by atoms with Crippen molar-refractivity contribution in [2.24, 2.45) is 5.92 Å². The van der Waals surface area contributed by atoms with E-state index in [1.165, 1.54) is 12.3 Å². The minimum Gasteiger partial charge on any atom is -0.461 e. The van der Waals surface area contributed by atoms with Gasteiger partial charge in [-0.05, 0) is 12.1 Å². The minimum absolute atomic E-state index is 0.181. The topological polar surface area (TPSA) is 30.2 Å². The molecule has 0 N–H and O–H groups in total. The monoisotopic (exact) mass is 186 g/mol. The summed E-state index contributed by atoms with van der Waals surface area (Å²) >= 11 is 0. The molecule has 0 saturated heterocycles. The Morgan fingerprint density at radius 3 is 2.69 bits per heavy atom.